The molecule has 16 heteroatoms. The standard InChI is InChI=1S/C23H23ClF5N3O5S2/c1-14(6-11-38(2,34)35)31-21(33)22(26)7-9-32(10-8-22)39(36,37)18-13-30-19(23(27,28)29)12-16(18)15-4-3-5-17(25)20(15)24/h3-6,11-14H,7-10H2,1-2H3,(H,31,33)/b11-6-/t14-/m0/s1. The number of nitrogens with zero attached hydrogens (tertiary/aromatic N) is 2. The monoisotopic (exact) mass is 615 g/mol. The molecule has 2 heterocycles. The maximum absolute atomic E-state index is 15.4. The summed E-state index contributed by atoms with van der Waals surface area (Å²) in [6.07, 6.45) is -3.57. The second-order valence-corrected chi connectivity index (χ2v) is 13.2. The zero-order valence-electron chi connectivity index (χ0n) is 20.5. The van der Waals surface area contributed by atoms with Crippen molar-refractivity contribution in [2.24, 2.45) is 0 Å². The fraction of sp³-hybridized carbons (Fsp3) is 0.391. The van der Waals surface area contributed by atoms with Gasteiger partial charge in [-0.3, -0.25) is 9.78 Å². The maximum Gasteiger partial charge on any atom is 0.433 e. The van der Waals surface area contributed by atoms with Crippen molar-refractivity contribution in [2.45, 2.75) is 42.5 Å². The van der Waals surface area contributed by atoms with Crippen LogP contribution in [0.5, 0.6) is 0 Å². The largest absolute Gasteiger partial charge is 0.433 e. The molecule has 0 spiro atoms. The molecule has 0 radical (unpaired) electrons. The molecule has 8 nitrogen and oxygen atoms in total. The molecule has 1 aromatic heterocycles. The lowest BCUT2D eigenvalue weighted by atomic mass is 9.93. The van der Waals surface area contributed by atoms with Crippen LogP contribution in [0.15, 0.2) is 46.8 Å². The molecule has 1 N–H and O–H groups in total. The summed E-state index contributed by atoms with van der Waals surface area (Å²) in [6.45, 7) is 0.382. The second-order valence-electron chi connectivity index (χ2n) is 8.95. The summed E-state index contributed by atoms with van der Waals surface area (Å²) in [5.74, 6) is -2.07. The number of benzene rings is 1. The Morgan fingerprint density at radius 3 is 2.36 bits per heavy atom. The van der Waals surface area contributed by atoms with Crippen molar-refractivity contribution in [2.75, 3.05) is 19.3 Å². The molecule has 0 unspecified atom stereocenters. The summed E-state index contributed by atoms with van der Waals surface area (Å²) >= 11 is 5.95. The number of amides is 1. The van der Waals surface area contributed by atoms with Crippen LogP contribution in [0.4, 0.5) is 22.0 Å². The number of alkyl halides is 4. The van der Waals surface area contributed by atoms with Gasteiger partial charge in [0.25, 0.3) is 5.91 Å². The number of carbonyl (C=O) groups is 1. The Bertz CT molecular complexity index is 1510. The number of rotatable bonds is 7. The van der Waals surface area contributed by atoms with E-state index in [-0.39, 0.29) is 5.56 Å². The third-order valence-electron chi connectivity index (χ3n) is 5.91. The molecule has 1 fully saturated rings. The highest BCUT2D eigenvalue weighted by Gasteiger charge is 2.45. The number of carbonyl (C=O) groups excluding carboxylic acids is 1. The molecule has 0 saturated carbocycles. The zero-order valence-corrected chi connectivity index (χ0v) is 22.9. The summed E-state index contributed by atoms with van der Waals surface area (Å²) < 4.78 is 120. The van der Waals surface area contributed by atoms with E-state index >= 15 is 4.39 Å². The molecule has 0 bridgehead atoms. The molecule has 1 aromatic carbocycles. The van der Waals surface area contributed by atoms with Crippen molar-refractivity contribution in [3.63, 3.8) is 0 Å². The molecular weight excluding hydrogens is 593 g/mol. The van der Waals surface area contributed by atoms with Crippen molar-refractivity contribution in [3.05, 3.63) is 58.5 Å². The SMILES string of the molecule is C[C@@H](/C=C\S(C)(=O)=O)NC(=O)C1(F)CCN(S(=O)(=O)c2cnc(C(F)(F)F)cc2-c2cccc(F)c2Cl)CC1. The van der Waals surface area contributed by atoms with Crippen LogP contribution in [0.25, 0.3) is 11.1 Å². The fourth-order valence-corrected chi connectivity index (χ4v) is 6.14. The van der Waals surface area contributed by atoms with Gasteiger partial charge in [0.15, 0.2) is 15.5 Å². The lowest BCUT2D eigenvalue weighted by Crippen LogP contribution is -2.53. The normalized spacial score (nSPS) is 17.7. The summed E-state index contributed by atoms with van der Waals surface area (Å²) in [6, 6.07) is 2.82. The minimum absolute atomic E-state index is 0.324. The fourth-order valence-electron chi connectivity index (χ4n) is 3.82. The van der Waals surface area contributed by atoms with Gasteiger partial charge in [-0.2, -0.15) is 17.5 Å². The highest BCUT2D eigenvalue weighted by atomic mass is 35.5. The third kappa shape index (κ3) is 7.13. The number of aromatic nitrogens is 1. The first-order valence-electron chi connectivity index (χ1n) is 11.2. The Morgan fingerprint density at radius 2 is 1.79 bits per heavy atom. The topological polar surface area (TPSA) is 114 Å². The van der Waals surface area contributed by atoms with E-state index in [9.17, 15) is 39.2 Å². The van der Waals surface area contributed by atoms with Gasteiger partial charge < -0.3 is 5.32 Å². The van der Waals surface area contributed by atoms with Crippen molar-refractivity contribution in [3.8, 4) is 11.1 Å². The van der Waals surface area contributed by atoms with Crippen molar-refractivity contribution >= 4 is 37.4 Å². The van der Waals surface area contributed by atoms with Gasteiger partial charge in [-0.15, -0.1) is 0 Å². The highest BCUT2D eigenvalue weighted by molar-refractivity contribution is 7.93. The molecule has 1 atom stereocenters. The second kappa shape index (κ2) is 11.1. The van der Waals surface area contributed by atoms with Gasteiger partial charge >= 0.3 is 6.18 Å². The van der Waals surface area contributed by atoms with Gasteiger partial charge in [0, 0.05) is 61.0 Å². The van der Waals surface area contributed by atoms with Crippen molar-refractivity contribution < 1.29 is 43.6 Å². The van der Waals surface area contributed by atoms with Crippen molar-refractivity contribution in [1.29, 1.82) is 0 Å². The number of pyridine rings is 1. The number of sulfonamides is 1. The van der Waals surface area contributed by atoms with Crippen LogP contribution in [0.2, 0.25) is 5.02 Å². The van der Waals surface area contributed by atoms with Crippen LogP contribution in [0.1, 0.15) is 25.5 Å². The quantitative estimate of drug-likeness (QED) is 0.469. The van der Waals surface area contributed by atoms with E-state index < -0.39 is 96.6 Å². The van der Waals surface area contributed by atoms with Crippen LogP contribution in [-0.2, 0) is 30.8 Å². The minimum atomic E-state index is -4.95. The van der Waals surface area contributed by atoms with Gasteiger partial charge in [0.05, 0.1) is 5.02 Å². The van der Waals surface area contributed by atoms with Crippen molar-refractivity contribution in [1.82, 2.24) is 14.6 Å². The Morgan fingerprint density at radius 1 is 1.18 bits per heavy atom. The molecule has 1 aliphatic heterocycles. The summed E-state index contributed by atoms with van der Waals surface area (Å²) in [7, 11) is -8.09. The van der Waals surface area contributed by atoms with E-state index in [1.807, 2.05) is 0 Å². The molecule has 214 valence electrons. The van der Waals surface area contributed by atoms with E-state index in [0.717, 1.165) is 40.2 Å². The molecule has 1 saturated heterocycles. The van der Waals surface area contributed by atoms with Gasteiger partial charge in [-0.05, 0) is 19.1 Å². The maximum atomic E-state index is 15.4. The number of nitrogens with one attached hydrogen (secondary N) is 1. The predicted molar refractivity (Wildman–Crippen MR) is 133 cm³/mol. The lowest BCUT2D eigenvalue weighted by Gasteiger charge is -2.35. The predicted octanol–water partition coefficient (Wildman–Crippen LogP) is 4.12. The smallest absolute Gasteiger partial charge is 0.347 e. The van der Waals surface area contributed by atoms with Crippen LogP contribution >= 0.6 is 11.6 Å². The molecule has 1 amide bonds. The Hall–Kier alpha value is -2.62. The number of sulfone groups is 1. The number of halogens is 6. The van der Waals surface area contributed by atoms with Gasteiger partial charge in [-0.25, -0.2) is 25.6 Å². The highest BCUT2D eigenvalue weighted by Crippen LogP contribution is 2.39. The zero-order chi connectivity index (χ0) is 29.4. The third-order valence-corrected chi connectivity index (χ3v) is 8.87. The molecule has 0 aliphatic carbocycles. The Kier molecular flexibility index (Phi) is 8.80. The molecular formula is C23H23ClF5N3O5S2. The van der Waals surface area contributed by atoms with Gasteiger partial charge in [0.1, 0.15) is 16.4 Å². The summed E-state index contributed by atoms with van der Waals surface area (Å²) in [5.41, 5.74) is -4.81. The van der Waals surface area contributed by atoms with E-state index in [2.05, 4.69) is 10.3 Å². The minimum Gasteiger partial charge on any atom is -0.347 e. The first kappa shape index (κ1) is 30.9. The molecule has 1 aliphatic rings. The van der Waals surface area contributed by atoms with Crippen LogP contribution < -0.4 is 5.32 Å². The van der Waals surface area contributed by atoms with Crippen LogP contribution in [0, 0.1) is 5.82 Å². The molecule has 3 rings (SSSR count). The van der Waals surface area contributed by atoms with Crippen LogP contribution in [-0.4, -0.2) is 63.1 Å². The van der Waals surface area contributed by atoms with Gasteiger partial charge in [-0.1, -0.05) is 29.8 Å². The van der Waals surface area contributed by atoms with Crippen LogP contribution in [0.3, 0.4) is 0 Å². The first-order chi connectivity index (χ1) is 17.8. The van der Waals surface area contributed by atoms with E-state index in [1.165, 1.54) is 6.92 Å². The van der Waals surface area contributed by atoms with E-state index in [1.54, 1.807) is 0 Å². The number of piperidine rings is 1. The summed E-state index contributed by atoms with van der Waals surface area (Å²) in [5, 5.41) is 2.55. The number of hydrogen-bond donors (Lipinski definition) is 1. The van der Waals surface area contributed by atoms with Gasteiger partial charge in [0.2, 0.25) is 10.0 Å². The Balaban J connectivity index is 1.90. The number of hydrogen-bond acceptors (Lipinski definition) is 6. The Labute approximate surface area is 226 Å². The summed E-state index contributed by atoms with van der Waals surface area (Å²) in [4.78, 5) is 15.0. The first-order valence-corrected chi connectivity index (χ1v) is 15.0. The van der Waals surface area contributed by atoms with E-state index in [4.69, 9.17) is 11.6 Å². The average molecular weight is 616 g/mol. The molecule has 2 aromatic rings. The average Bonchev–Trinajstić information content (AvgIpc) is 2.83. The molecule has 39 heavy (non-hydrogen) atoms. The lowest BCUT2D eigenvalue weighted by molar-refractivity contribution is -0.141. The van der Waals surface area contributed by atoms with E-state index in [0.29, 0.717) is 12.3 Å².